The Morgan fingerprint density at radius 2 is 2.00 bits per heavy atom. The van der Waals surface area contributed by atoms with Gasteiger partial charge in [-0.2, -0.15) is 0 Å². The first kappa shape index (κ1) is 22.4. The van der Waals surface area contributed by atoms with Gasteiger partial charge in [-0.3, -0.25) is 0 Å². The molecule has 0 radical (unpaired) electrons. The molecule has 0 bridgehead atoms. The lowest BCUT2D eigenvalue weighted by molar-refractivity contribution is 0.162. The number of aliphatic imine (C=N–C) groups is 1. The number of rotatable bonds is 10. The summed E-state index contributed by atoms with van der Waals surface area (Å²) in [6.45, 7) is 8.35. The van der Waals surface area contributed by atoms with Crippen molar-refractivity contribution in [3.63, 3.8) is 0 Å². The van der Waals surface area contributed by atoms with Crippen LogP contribution in [0.25, 0.3) is 0 Å². The normalized spacial score (nSPS) is 12.5. The summed E-state index contributed by atoms with van der Waals surface area (Å²) >= 11 is 0. The van der Waals surface area contributed by atoms with E-state index >= 15 is 0 Å². The van der Waals surface area contributed by atoms with Crippen LogP contribution in [0.3, 0.4) is 0 Å². The zero-order chi connectivity index (χ0) is 19.6. The van der Waals surface area contributed by atoms with Crippen molar-refractivity contribution in [2.75, 3.05) is 53.2 Å². The SMILES string of the molecule is CCNC(=NCc1ccc(S(C)(=O)=O)c(C)c1)NCCN(C)CCOC. The van der Waals surface area contributed by atoms with Gasteiger partial charge in [-0.1, -0.05) is 12.1 Å². The molecular formula is C18H32N4O3S. The Bertz CT molecular complexity index is 690. The zero-order valence-corrected chi connectivity index (χ0v) is 17.3. The van der Waals surface area contributed by atoms with Gasteiger partial charge >= 0.3 is 0 Å². The van der Waals surface area contributed by atoms with Crippen molar-refractivity contribution in [1.82, 2.24) is 15.5 Å². The molecule has 0 aliphatic carbocycles. The first-order valence-corrected chi connectivity index (χ1v) is 10.7. The number of aryl methyl sites for hydroxylation is 1. The van der Waals surface area contributed by atoms with E-state index in [-0.39, 0.29) is 0 Å². The minimum absolute atomic E-state index is 0.370. The summed E-state index contributed by atoms with van der Waals surface area (Å²) in [4.78, 5) is 7.14. The van der Waals surface area contributed by atoms with E-state index in [1.165, 1.54) is 6.26 Å². The van der Waals surface area contributed by atoms with Gasteiger partial charge in [0.05, 0.1) is 18.0 Å². The summed E-state index contributed by atoms with van der Waals surface area (Å²) < 4.78 is 28.5. The molecule has 26 heavy (non-hydrogen) atoms. The van der Waals surface area contributed by atoms with Crippen LogP contribution >= 0.6 is 0 Å². The van der Waals surface area contributed by atoms with Gasteiger partial charge in [-0.15, -0.1) is 0 Å². The zero-order valence-electron chi connectivity index (χ0n) is 16.5. The molecule has 7 nitrogen and oxygen atoms in total. The maximum Gasteiger partial charge on any atom is 0.191 e. The fraction of sp³-hybridized carbons (Fsp3) is 0.611. The van der Waals surface area contributed by atoms with Crippen molar-refractivity contribution < 1.29 is 13.2 Å². The van der Waals surface area contributed by atoms with E-state index in [1.54, 1.807) is 13.2 Å². The first-order chi connectivity index (χ1) is 12.3. The van der Waals surface area contributed by atoms with Gasteiger partial charge in [0.15, 0.2) is 15.8 Å². The standard InChI is InChI=1S/C18H32N4O3S/c1-6-19-18(20-9-10-22(3)11-12-25-4)21-14-16-7-8-17(15(2)13-16)26(5,23)24/h7-8,13H,6,9-12,14H2,1-5H3,(H2,19,20,21). The largest absolute Gasteiger partial charge is 0.383 e. The second kappa shape index (κ2) is 11.2. The number of benzene rings is 1. The van der Waals surface area contributed by atoms with Gasteiger partial charge in [0.1, 0.15) is 0 Å². The molecule has 2 N–H and O–H groups in total. The van der Waals surface area contributed by atoms with Crippen LogP contribution < -0.4 is 10.6 Å². The molecule has 1 aromatic rings. The molecule has 1 rings (SSSR count). The van der Waals surface area contributed by atoms with E-state index < -0.39 is 9.84 Å². The van der Waals surface area contributed by atoms with Crippen LogP contribution in [0, 0.1) is 6.92 Å². The van der Waals surface area contributed by atoms with Gasteiger partial charge < -0.3 is 20.3 Å². The second-order valence-electron chi connectivity index (χ2n) is 6.29. The lowest BCUT2D eigenvalue weighted by atomic mass is 10.1. The van der Waals surface area contributed by atoms with Crippen molar-refractivity contribution in [3.8, 4) is 0 Å². The molecule has 0 amide bonds. The smallest absolute Gasteiger partial charge is 0.191 e. The molecule has 0 saturated heterocycles. The predicted octanol–water partition coefficient (Wildman–Crippen LogP) is 1.03. The molecule has 0 spiro atoms. The average Bonchev–Trinajstić information content (AvgIpc) is 2.56. The van der Waals surface area contributed by atoms with E-state index in [1.807, 2.05) is 26.0 Å². The number of hydrogen-bond acceptors (Lipinski definition) is 5. The Morgan fingerprint density at radius 3 is 2.58 bits per heavy atom. The maximum absolute atomic E-state index is 11.7. The van der Waals surface area contributed by atoms with E-state index in [9.17, 15) is 8.42 Å². The quantitative estimate of drug-likeness (QED) is 0.463. The number of sulfone groups is 1. The topological polar surface area (TPSA) is 83.0 Å². The lowest BCUT2D eigenvalue weighted by Gasteiger charge is -2.17. The highest BCUT2D eigenvalue weighted by Gasteiger charge is 2.10. The van der Waals surface area contributed by atoms with E-state index in [0.29, 0.717) is 18.0 Å². The summed E-state index contributed by atoms with van der Waals surface area (Å²) in [6, 6.07) is 5.34. The van der Waals surface area contributed by atoms with Crippen LogP contribution in [0.4, 0.5) is 0 Å². The highest BCUT2D eigenvalue weighted by Crippen LogP contribution is 2.17. The van der Waals surface area contributed by atoms with E-state index in [0.717, 1.165) is 43.3 Å². The van der Waals surface area contributed by atoms with E-state index in [2.05, 4.69) is 27.6 Å². The van der Waals surface area contributed by atoms with Crippen LogP contribution in [0.1, 0.15) is 18.1 Å². The van der Waals surface area contributed by atoms with Crippen LogP contribution in [0.2, 0.25) is 0 Å². The average molecular weight is 385 g/mol. The Labute approximate surface area is 157 Å². The van der Waals surface area contributed by atoms with Gasteiger partial charge in [-0.25, -0.2) is 13.4 Å². The summed E-state index contributed by atoms with van der Waals surface area (Å²) in [7, 11) is 0.562. The summed E-state index contributed by atoms with van der Waals surface area (Å²) in [5.41, 5.74) is 1.72. The summed E-state index contributed by atoms with van der Waals surface area (Å²) in [5, 5.41) is 6.53. The Balaban J connectivity index is 2.64. The van der Waals surface area contributed by atoms with Gasteiger partial charge in [0, 0.05) is 39.5 Å². The predicted molar refractivity (Wildman–Crippen MR) is 106 cm³/mol. The molecule has 0 atom stereocenters. The summed E-state index contributed by atoms with van der Waals surface area (Å²) in [5.74, 6) is 0.748. The minimum Gasteiger partial charge on any atom is -0.383 e. The molecule has 0 heterocycles. The fourth-order valence-electron chi connectivity index (χ4n) is 2.46. The van der Waals surface area contributed by atoms with Crippen LogP contribution in [0.15, 0.2) is 28.1 Å². The monoisotopic (exact) mass is 384 g/mol. The first-order valence-electron chi connectivity index (χ1n) is 8.77. The Kier molecular flexibility index (Phi) is 9.61. The highest BCUT2D eigenvalue weighted by molar-refractivity contribution is 7.90. The molecule has 0 fully saturated rings. The maximum atomic E-state index is 11.7. The van der Waals surface area contributed by atoms with Crippen LogP contribution in [0.5, 0.6) is 0 Å². The molecule has 148 valence electrons. The molecule has 8 heteroatoms. The van der Waals surface area contributed by atoms with Crippen molar-refractivity contribution in [1.29, 1.82) is 0 Å². The van der Waals surface area contributed by atoms with Crippen molar-refractivity contribution in [3.05, 3.63) is 29.3 Å². The van der Waals surface area contributed by atoms with Crippen LogP contribution in [-0.2, 0) is 21.1 Å². The van der Waals surface area contributed by atoms with E-state index in [4.69, 9.17) is 4.74 Å². The van der Waals surface area contributed by atoms with Crippen molar-refractivity contribution in [2.24, 2.45) is 4.99 Å². The number of nitrogens with zero attached hydrogens (tertiary/aromatic N) is 2. The Morgan fingerprint density at radius 1 is 1.27 bits per heavy atom. The summed E-state index contributed by atoms with van der Waals surface area (Å²) in [6.07, 6.45) is 1.23. The van der Waals surface area contributed by atoms with Crippen molar-refractivity contribution >= 4 is 15.8 Å². The number of methoxy groups -OCH3 is 1. The number of ether oxygens (including phenoxy) is 1. The fourth-order valence-corrected chi connectivity index (χ4v) is 3.42. The van der Waals surface area contributed by atoms with Gasteiger partial charge in [0.2, 0.25) is 0 Å². The molecule has 1 aromatic carbocycles. The third-order valence-corrected chi connectivity index (χ3v) is 5.12. The number of hydrogen-bond donors (Lipinski definition) is 2. The molecule has 0 aromatic heterocycles. The number of guanidine groups is 1. The molecule has 0 saturated carbocycles. The third kappa shape index (κ3) is 8.16. The van der Waals surface area contributed by atoms with Crippen LogP contribution in [-0.4, -0.2) is 72.5 Å². The number of likely N-dealkylation sites (N-methyl/N-ethyl adjacent to an activating group) is 1. The molecule has 0 aliphatic rings. The number of nitrogens with one attached hydrogen (secondary N) is 2. The van der Waals surface area contributed by atoms with Gasteiger partial charge in [-0.05, 0) is 38.1 Å². The molecule has 0 aliphatic heterocycles. The second-order valence-corrected chi connectivity index (χ2v) is 8.27. The highest BCUT2D eigenvalue weighted by atomic mass is 32.2. The molecule has 0 unspecified atom stereocenters. The van der Waals surface area contributed by atoms with Crippen molar-refractivity contribution in [2.45, 2.75) is 25.3 Å². The third-order valence-electron chi connectivity index (χ3n) is 3.87. The van der Waals surface area contributed by atoms with Gasteiger partial charge in [0.25, 0.3) is 0 Å². The Hall–Kier alpha value is -1.64. The molecular weight excluding hydrogens is 352 g/mol. The lowest BCUT2D eigenvalue weighted by Crippen LogP contribution is -2.41. The minimum atomic E-state index is -3.19.